The third kappa shape index (κ3) is 3.07. The SMILES string of the molecule is CCCCc1ccc(Nc2ccc(N)c3c2C(=O)c2ccccc2C3=O)cc1. The Labute approximate surface area is 164 Å². The van der Waals surface area contributed by atoms with Gasteiger partial charge in [0.2, 0.25) is 0 Å². The molecule has 0 amide bonds. The number of unbranched alkanes of at least 4 members (excludes halogenated alkanes) is 1. The first kappa shape index (κ1) is 18.0. The Hall–Kier alpha value is -3.40. The van der Waals surface area contributed by atoms with Crippen LogP contribution in [0.2, 0.25) is 0 Å². The largest absolute Gasteiger partial charge is 0.398 e. The monoisotopic (exact) mass is 370 g/mol. The van der Waals surface area contributed by atoms with Crippen molar-refractivity contribution in [1.82, 2.24) is 0 Å². The molecule has 1 aliphatic carbocycles. The molecule has 0 heterocycles. The van der Waals surface area contributed by atoms with Crippen molar-refractivity contribution in [2.75, 3.05) is 11.1 Å². The lowest BCUT2D eigenvalue weighted by Gasteiger charge is -2.22. The second-order valence-corrected chi connectivity index (χ2v) is 7.08. The van der Waals surface area contributed by atoms with Crippen molar-refractivity contribution in [1.29, 1.82) is 0 Å². The summed E-state index contributed by atoms with van der Waals surface area (Å²) < 4.78 is 0. The van der Waals surface area contributed by atoms with Gasteiger partial charge < -0.3 is 11.1 Å². The first-order chi connectivity index (χ1) is 13.6. The summed E-state index contributed by atoms with van der Waals surface area (Å²) in [6.07, 6.45) is 3.38. The predicted octanol–water partition coefficient (Wildman–Crippen LogP) is 5.13. The molecule has 0 spiro atoms. The lowest BCUT2D eigenvalue weighted by Crippen LogP contribution is -2.23. The van der Waals surface area contributed by atoms with E-state index in [9.17, 15) is 9.59 Å². The molecule has 0 aromatic heterocycles. The molecule has 3 aromatic rings. The second kappa shape index (κ2) is 7.31. The standard InChI is InChI=1S/C24H22N2O2/c1-2-3-6-15-9-11-16(12-10-15)26-20-14-13-19(25)21-22(20)24(28)18-8-5-4-7-17(18)23(21)27/h4-5,7-14,26H,2-3,6,25H2,1H3. The number of hydrogen-bond acceptors (Lipinski definition) is 4. The number of benzene rings is 3. The number of hydrogen-bond donors (Lipinski definition) is 2. The molecule has 1 aliphatic rings. The maximum Gasteiger partial charge on any atom is 0.196 e. The van der Waals surface area contributed by atoms with Crippen LogP contribution in [-0.4, -0.2) is 11.6 Å². The minimum Gasteiger partial charge on any atom is -0.398 e. The molecule has 28 heavy (non-hydrogen) atoms. The lowest BCUT2D eigenvalue weighted by molar-refractivity contribution is 0.0980. The summed E-state index contributed by atoms with van der Waals surface area (Å²) >= 11 is 0. The fourth-order valence-electron chi connectivity index (χ4n) is 3.64. The molecule has 3 N–H and O–H groups in total. The summed E-state index contributed by atoms with van der Waals surface area (Å²) in [4.78, 5) is 26.1. The molecule has 0 unspecified atom stereocenters. The molecule has 0 saturated carbocycles. The second-order valence-electron chi connectivity index (χ2n) is 7.08. The van der Waals surface area contributed by atoms with Crippen molar-refractivity contribution in [3.63, 3.8) is 0 Å². The van der Waals surface area contributed by atoms with Gasteiger partial charge in [0.15, 0.2) is 11.6 Å². The van der Waals surface area contributed by atoms with E-state index >= 15 is 0 Å². The molecule has 0 saturated heterocycles. The average molecular weight is 370 g/mol. The van der Waals surface area contributed by atoms with E-state index in [1.807, 2.05) is 12.1 Å². The molecule has 0 bridgehead atoms. The first-order valence-corrected chi connectivity index (χ1v) is 9.57. The Morgan fingerprint density at radius 2 is 1.46 bits per heavy atom. The fourth-order valence-corrected chi connectivity index (χ4v) is 3.64. The van der Waals surface area contributed by atoms with Crippen LogP contribution in [0.15, 0.2) is 60.7 Å². The molecule has 0 fully saturated rings. The molecular formula is C24H22N2O2. The van der Waals surface area contributed by atoms with Gasteiger partial charge >= 0.3 is 0 Å². The summed E-state index contributed by atoms with van der Waals surface area (Å²) in [6.45, 7) is 2.18. The minimum absolute atomic E-state index is 0.181. The van der Waals surface area contributed by atoms with Crippen molar-refractivity contribution in [3.05, 3.63) is 88.5 Å². The molecule has 4 heteroatoms. The van der Waals surface area contributed by atoms with E-state index in [0.717, 1.165) is 24.9 Å². The number of ketones is 2. The van der Waals surface area contributed by atoms with Gasteiger partial charge in [-0.2, -0.15) is 0 Å². The van der Waals surface area contributed by atoms with Gasteiger partial charge in [-0.1, -0.05) is 49.7 Å². The number of nitrogens with two attached hydrogens (primary N) is 1. The van der Waals surface area contributed by atoms with Crippen LogP contribution in [0.5, 0.6) is 0 Å². The highest BCUT2D eigenvalue weighted by atomic mass is 16.1. The van der Waals surface area contributed by atoms with Crippen LogP contribution in [0.4, 0.5) is 17.1 Å². The van der Waals surface area contributed by atoms with E-state index in [2.05, 4.69) is 24.4 Å². The van der Waals surface area contributed by atoms with Crippen LogP contribution in [0.1, 0.15) is 57.2 Å². The summed E-state index contributed by atoms with van der Waals surface area (Å²) in [6, 6.07) is 18.5. The van der Waals surface area contributed by atoms with E-state index in [1.165, 1.54) is 5.56 Å². The number of anilines is 3. The zero-order chi connectivity index (χ0) is 19.7. The molecule has 140 valence electrons. The highest BCUT2D eigenvalue weighted by Crippen LogP contribution is 2.36. The highest BCUT2D eigenvalue weighted by Gasteiger charge is 2.33. The molecule has 4 rings (SSSR count). The van der Waals surface area contributed by atoms with Crippen LogP contribution in [0, 0.1) is 0 Å². The maximum atomic E-state index is 13.1. The number of carbonyl (C=O) groups is 2. The first-order valence-electron chi connectivity index (χ1n) is 9.57. The molecule has 0 aliphatic heterocycles. The normalized spacial score (nSPS) is 12.5. The van der Waals surface area contributed by atoms with Gasteiger partial charge in [0.1, 0.15) is 0 Å². The summed E-state index contributed by atoms with van der Waals surface area (Å²) in [5, 5.41) is 3.30. The molecular weight excluding hydrogens is 348 g/mol. The number of nitrogen functional groups attached to an aromatic ring is 1. The smallest absolute Gasteiger partial charge is 0.196 e. The Bertz CT molecular complexity index is 1070. The summed E-state index contributed by atoms with van der Waals surface area (Å²) in [5.74, 6) is -0.388. The summed E-state index contributed by atoms with van der Waals surface area (Å²) in [5.41, 5.74) is 10.6. The highest BCUT2D eigenvalue weighted by molar-refractivity contribution is 6.31. The van der Waals surface area contributed by atoms with Gasteiger partial charge in [-0.05, 0) is 42.7 Å². The average Bonchev–Trinajstić information content (AvgIpc) is 2.72. The van der Waals surface area contributed by atoms with Crippen LogP contribution in [0.25, 0.3) is 0 Å². The molecule has 0 radical (unpaired) electrons. The number of rotatable bonds is 5. The Kier molecular flexibility index (Phi) is 4.70. The molecule has 0 atom stereocenters. The van der Waals surface area contributed by atoms with Gasteiger partial charge in [-0.15, -0.1) is 0 Å². The fraction of sp³-hybridized carbons (Fsp3) is 0.167. The van der Waals surface area contributed by atoms with Gasteiger partial charge in [-0.25, -0.2) is 0 Å². The van der Waals surface area contributed by atoms with Gasteiger partial charge in [0, 0.05) is 22.5 Å². The van der Waals surface area contributed by atoms with Crippen molar-refractivity contribution in [2.24, 2.45) is 0 Å². The van der Waals surface area contributed by atoms with E-state index in [1.54, 1.807) is 36.4 Å². The van der Waals surface area contributed by atoms with Crippen molar-refractivity contribution >= 4 is 28.6 Å². The third-order valence-corrected chi connectivity index (χ3v) is 5.16. The number of aryl methyl sites for hydroxylation is 1. The van der Waals surface area contributed by atoms with E-state index in [0.29, 0.717) is 28.1 Å². The van der Waals surface area contributed by atoms with Crippen molar-refractivity contribution in [2.45, 2.75) is 26.2 Å². The molecule has 3 aromatic carbocycles. The van der Waals surface area contributed by atoms with Crippen molar-refractivity contribution in [3.8, 4) is 0 Å². The zero-order valence-electron chi connectivity index (χ0n) is 15.8. The lowest BCUT2D eigenvalue weighted by atomic mass is 9.82. The Morgan fingerprint density at radius 1 is 0.821 bits per heavy atom. The van der Waals surface area contributed by atoms with E-state index < -0.39 is 0 Å². The molecule has 4 nitrogen and oxygen atoms in total. The third-order valence-electron chi connectivity index (χ3n) is 5.16. The minimum atomic E-state index is -0.207. The number of fused-ring (bicyclic) bond motifs is 2. The van der Waals surface area contributed by atoms with Crippen LogP contribution < -0.4 is 11.1 Å². The number of nitrogens with one attached hydrogen (secondary N) is 1. The Balaban J connectivity index is 1.72. The van der Waals surface area contributed by atoms with Crippen molar-refractivity contribution < 1.29 is 9.59 Å². The van der Waals surface area contributed by atoms with Crippen LogP contribution in [0.3, 0.4) is 0 Å². The van der Waals surface area contributed by atoms with Crippen LogP contribution >= 0.6 is 0 Å². The quantitative estimate of drug-likeness (QED) is 0.478. The van der Waals surface area contributed by atoms with Gasteiger partial charge in [-0.3, -0.25) is 9.59 Å². The van der Waals surface area contributed by atoms with Crippen LogP contribution in [-0.2, 0) is 6.42 Å². The maximum absolute atomic E-state index is 13.1. The van der Waals surface area contributed by atoms with Gasteiger partial charge in [0.05, 0.1) is 16.8 Å². The Morgan fingerprint density at radius 3 is 2.11 bits per heavy atom. The number of carbonyl (C=O) groups excluding carboxylic acids is 2. The van der Waals surface area contributed by atoms with E-state index in [4.69, 9.17) is 5.73 Å². The zero-order valence-corrected chi connectivity index (χ0v) is 15.8. The van der Waals surface area contributed by atoms with Gasteiger partial charge in [0.25, 0.3) is 0 Å². The topological polar surface area (TPSA) is 72.2 Å². The predicted molar refractivity (Wildman–Crippen MR) is 112 cm³/mol. The van der Waals surface area contributed by atoms with E-state index in [-0.39, 0.29) is 17.1 Å². The summed E-state index contributed by atoms with van der Waals surface area (Å²) in [7, 11) is 0.